The van der Waals surface area contributed by atoms with Crippen molar-refractivity contribution in [3.63, 3.8) is 0 Å². The summed E-state index contributed by atoms with van der Waals surface area (Å²) in [6.07, 6.45) is 1.93. The Morgan fingerprint density at radius 3 is 2.55 bits per heavy atom. The van der Waals surface area contributed by atoms with Crippen LogP contribution < -0.4 is 0 Å². The predicted molar refractivity (Wildman–Crippen MR) is 77.6 cm³/mol. The molecule has 0 aliphatic carbocycles. The van der Waals surface area contributed by atoms with E-state index in [9.17, 15) is 5.11 Å². The summed E-state index contributed by atoms with van der Waals surface area (Å²) in [5, 5.41) is 20.6. The number of para-hydroxylation sites is 1. The molecule has 0 saturated carbocycles. The highest BCUT2D eigenvalue weighted by Crippen LogP contribution is 2.29. The normalized spacial score (nSPS) is 11.2. The Kier molecular flexibility index (Phi) is 2.23. The molecule has 4 rings (SSSR count). The van der Waals surface area contributed by atoms with Crippen LogP contribution in [-0.2, 0) is 0 Å². The minimum Gasteiger partial charge on any atom is -0.507 e. The van der Waals surface area contributed by atoms with Gasteiger partial charge in [0.2, 0.25) is 0 Å². The van der Waals surface area contributed by atoms with Gasteiger partial charge in [-0.2, -0.15) is 0 Å². The summed E-state index contributed by atoms with van der Waals surface area (Å²) >= 11 is 0. The molecule has 0 unspecified atom stereocenters. The van der Waals surface area contributed by atoms with Gasteiger partial charge in [-0.3, -0.25) is 4.40 Å². The Bertz CT molecular complexity index is 927. The number of pyridine rings is 1. The van der Waals surface area contributed by atoms with Gasteiger partial charge in [0.1, 0.15) is 5.75 Å². The Morgan fingerprint density at radius 1 is 0.850 bits per heavy atom. The van der Waals surface area contributed by atoms with Gasteiger partial charge in [0.15, 0.2) is 11.5 Å². The van der Waals surface area contributed by atoms with Crippen LogP contribution in [0.5, 0.6) is 5.75 Å². The molecule has 4 heteroatoms. The van der Waals surface area contributed by atoms with E-state index in [2.05, 4.69) is 10.2 Å². The van der Waals surface area contributed by atoms with E-state index in [4.69, 9.17) is 0 Å². The monoisotopic (exact) mass is 261 g/mol. The van der Waals surface area contributed by atoms with Gasteiger partial charge in [-0.05, 0) is 23.6 Å². The lowest BCUT2D eigenvalue weighted by Gasteiger charge is -2.04. The molecule has 2 aromatic carbocycles. The average Bonchev–Trinajstić information content (AvgIpc) is 2.92. The van der Waals surface area contributed by atoms with E-state index >= 15 is 0 Å². The second-order valence-corrected chi connectivity index (χ2v) is 4.64. The molecule has 0 spiro atoms. The van der Waals surface area contributed by atoms with Gasteiger partial charge in [0, 0.05) is 11.6 Å². The van der Waals surface area contributed by atoms with E-state index in [0.29, 0.717) is 11.4 Å². The van der Waals surface area contributed by atoms with Crippen LogP contribution in [-0.4, -0.2) is 19.7 Å². The van der Waals surface area contributed by atoms with Crippen molar-refractivity contribution in [1.82, 2.24) is 14.6 Å². The van der Waals surface area contributed by atoms with Crippen molar-refractivity contribution in [3.05, 3.63) is 60.8 Å². The van der Waals surface area contributed by atoms with Crippen molar-refractivity contribution >= 4 is 16.4 Å². The zero-order chi connectivity index (χ0) is 13.5. The quantitative estimate of drug-likeness (QED) is 0.572. The van der Waals surface area contributed by atoms with E-state index in [1.165, 1.54) is 0 Å². The van der Waals surface area contributed by atoms with Gasteiger partial charge in [-0.1, -0.05) is 36.4 Å². The molecule has 0 radical (unpaired) electrons. The molecule has 4 aromatic rings. The minimum absolute atomic E-state index is 0.204. The van der Waals surface area contributed by atoms with Crippen molar-refractivity contribution in [1.29, 1.82) is 0 Å². The fourth-order valence-electron chi connectivity index (χ4n) is 2.46. The SMILES string of the molecule is Oc1ccccc1-c1nnc2c3ccccc3ccn12. The molecule has 96 valence electrons. The first-order valence-corrected chi connectivity index (χ1v) is 6.35. The highest BCUT2D eigenvalue weighted by atomic mass is 16.3. The van der Waals surface area contributed by atoms with Gasteiger partial charge in [0.05, 0.1) is 5.56 Å². The lowest BCUT2D eigenvalue weighted by molar-refractivity contribution is 0.477. The summed E-state index contributed by atoms with van der Waals surface area (Å²) in [5.74, 6) is 0.846. The van der Waals surface area contributed by atoms with Gasteiger partial charge < -0.3 is 5.11 Å². The summed E-state index contributed by atoms with van der Waals surface area (Å²) in [4.78, 5) is 0. The Labute approximate surface area is 114 Å². The predicted octanol–water partition coefficient (Wildman–Crippen LogP) is 3.26. The standard InChI is InChI=1S/C16H11N3O/c20-14-8-4-3-7-13(14)16-18-17-15-12-6-2-1-5-11(12)9-10-19(15)16/h1-10,20H. The number of benzene rings is 2. The van der Waals surface area contributed by atoms with Crippen LogP contribution in [0.15, 0.2) is 60.8 Å². The number of fused-ring (bicyclic) bond motifs is 3. The topological polar surface area (TPSA) is 50.4 Å². The fourth-order valence-corrected chi connectivity index (χ4v) is 2.46. The third-order valence-electron chi connectivity index (χ3n) is 3.45. The first kappa shape index (κ1) is 11.0. The van der Waals surface area contributed by atoms with Crippen LogP contribution in [0.3, 0.4) is 0 Å². The first-order valence-electron chi connectivity index (χ1n) is 6.35. The molecular formula is C16H11N3O. The number of aromatic hydroxyl groups is 1. The van der Waals surface area contributed by atoms with Gasteiger partial charge in [-0.25, -0.2) is 0 Å². The van der Waals surface area contributed by atoms with Crippen LogP contribution >= 0.6 is 0 Å². The van der Waals surface area contributed by atoms with E-state index in [1.54, 1.807) is 12.1 Å². The first-order chi connectivity index (χ1) is 9.84. The van der Waals surface area contributed by atoms with E-state index in [1.807, 2.05) is 53.1 Å². The summed E-state index contributed by atoms with van der Waals surface area (Å²) < 4.78 is 1.90. The zero-order valence-corrected chi connectivity index (χ0v) is 10.6. The third kappa shape index (κ3) is 1.48. The molecule has 0 bridgehead atoms. The van der Waals surface area contributed by atoms with E-state index < -0.39 is 0 Å². The lowest BCUT2D eigenvalue weighted by Crippen LogP contribution is -1.90. The smallest absolute Gasteiger partial charge is 0.172 e. The molecule has 0 aliphatic rings. The third-order valence-corrected chi connectivity index (χ3v) is 3.45. The number of hydrogen-bond donors (Lipinski definition) is 1. The lowest BCUT2D eigenvalue weighted by atomic mass is 10.1. The van der Waals surface area contributed by atoms with Crippen LogP contribution in [0.4, 0.5) is 0 Å². The molecule has 2 aromatic heterocycles. The van der Waals surface area contributed by atoms with Crippen LogP contribution in [0.1, 0.15) is 0 Å². The second kappa shape index (κ2) is 4.06. The number of phenols is 1. The summed E-state index contributed by atoms with van der Waals surface area (Å²) in [6.45, 7) is 0. The van der Waals surface area contributed by atoms with E-state index in [-0.39, 0.29) is 5.75 Å². The summed E-state index contributed by atoms with van der Waals surface area (Å²) in [7, 11) is 0. The van der Waals surface area contributed by atoms with Crippen molar-refractivity contribution in [2.24, 2.45) is 0 Å². The molecule has 0 fully saturated rings. The maximum absolute atomic E-state index is 9.97. The van der Waals surface area contributed by atoms with Gasteiger partial charge in [0.25, 0.3) is 0 Å². The van der Waals surface area contributed by atoms with Crippen molar-refractivity contribution in [3.8, 4) is 17.1 Å². The molecule has 0 aliphatic heterocycles. The largest absolute Gasteiger partial charge is 0.507 e. The van der Waals surface area contributed by atoms with Crippen molar-refractivity contribution < 1.29 is 5.11 Å². The highest BCUT2D eigenvalue weighted by molar-refractivity contribution is 5.94. The van der Waals surface area contributed by atoms with Gasteiger partial charge >= 0.3 is 0 Å². The number of phenolic OH excluding ortho intramolecular Hbond substituents is 1. The van der Waals surface area contributed by atoms with Crippen LogP contribution in [0.25, 0.3) is 27.8 Å². The number of aromatic nitrogens is 3. The molecule has 0 saturated heterocycles. The molecular weight excluding hydrogens is 250 g/mol. The summed E-state index contributed by atoms with van der Waals surface area (Å²) in [5.41, 5.74) is 1.47. The fraction of sp³-hybridized carbons (Fsp3) is 0. The minimum atomic E-state index is 0.204. The number of nitrogens with zero attached hydrogens (tertiary/aromatic N) is 3. The van der Waals surface area contributed by atoms with Crippen molar-refractivity contribution in [2.45, 2.75) is 0 Å². The summed E-state index contributed by atoms with van der Waals surface area (Å²) in [6, 6.07) is 17.2. The highest BCUT2D eigenvalue weighted by Gasteiger charge is 2.12. The Morgan fingerprint density at radius 2 is 1.65 bits per heavy atom. The number of hydrogen-bond acceptors (Lipinski definition) is 3. The Hall–Kier alpha value is -2.88. The van der Waals surface area contributed by atoms with E-state index in [0.717, 1.165) is 16.4 Å². The maximum Gasteiger partial charge on any atom is 0.172 e. The molecule has 0 atom stereocenters. The maximum atomic E-state index is 9.97. The van der Waals surface area contributed by atoms with Gasteiger partial charge in [-0.15, -0.1) is 10.2 Å². The molecule has 20 heavy (non-hydrogen) atoms. The second-order valence-electron chi connectivity index (χ2n) is 4.64. The van der Waals surface area contributed by atoms with Crippen LogP contribution in [0, 0.1) is 0 Å². The molecule has 0 amide bonds. The van der Waals surface area contributed by atoms with Crippen molar-refractivity contribution in [2.75, 3.05) is 0 Å². The zero-order valence-electron chi connectivity index (χ0n) is 10.6. The number of rotatable bonds is 1. The average molecular weight is 261 g/mol. The molecule has 2 heterocycles. The molecule has 4 nitrogen and oxygen atoms in total. The molecule has 1 N–H and O–H groups in total. The Balaban J connectivity index is 2.08. The van der Waals surface area contributed by atoms with Crippen LogP contribution in [0.2, 0.25) is 0 Å².